The van der Waals surface area contributed by atoms with E-state index in [1.54, 1.807) is 4.90 Å². The van der Waals surface area contributed by atoms with Crippen LogP contribution in [0.25, 0.3) is 10.9 Å². The van der Waals surface area contributed by atoms with Gasteiger partial charge in [0, 0.05) is 43.0 Å². The number of carbonyl (C=O) groups is 2. The van der Waals surface area contributed by atoms with Crippen LogP contribution in [0, 0.1) is 12.8 Å². The van der Waals surface area contributed by atoms with Gasteiger partial charge in [-0.1, -0.05) is 29.9 Å². The van der Waals surface area contributed by atoms with Gasteiger partial charge in [-0.05, 0) is 37.5 Å². The van der Waals surface area contributed by atoms with Gasteiger partial charge in [-0.15, -0.1) is 10.2 Å². The largest absolute Gasteiger partial charge is 0.361 e. The number of anilines is 1. The fourth-order valence-corrected chi connectivity index (χ4v) is 4.59. The van der Waals surface area contributed by atoms with Crippen molar-refractivity contribution in [2.75, 3.05) is 18.4 Å². The number of H-pyrrole nitrogens is 1. The van der Waals surface area contributed by atoms with Crippen LogP contribution < -0.4 is 5.32 Å². The number of benzene rings is 1. The molecule has 2 N–H and O–H groups in total. The molecule has 3 heterocycles. The second-order valence-electron chi connectivity index (χ2n) is 7.59. The van der Waals surface area contributed by atoms with Gasteiger partial charge in [0.1, 0.15) is 5.01 Å². The number of hydrogen-bond acceptors (Lipinski definition) is 5. The predicted octanol–water partition coefficient (Wildman–Crippen LogP) is 3.31. The second-order valence-corrected chi connectivity index (χ2v) is 8.66. The van der Waals surface area contributed by atoms with Crippen molar-refractivity contribution in [3.05, 3.63) is 40.5 Å². The molecule has 7 nitrogen and oxygen atoms in total. The standard InChI is InChI=1S/C21H25N5O2S/c1-3-4-18-24-25-21(29-18)23-20(28)15-10-19(27)26(12-15)8-7-14-11-22-17-6-5-13(2)9-16(14)17/h5-6,9,11,15,22H,3-4,7-8,10,12H2,1-2H3,(H,23,25,28). The van der Waals surface area contributed by atoms with Gasteiger partial charge in [-0.3, -0.25) is 9.59 Å². The fourth-order valence-electron chi connectivity index (χ4n) is 3.74. The summed E-state index contributed by atoms with van der Waals surface area (Å²) in [4.78, 5) is 30.1. The number of hydrogen-bond donors (Lipinski definition) is 2. The van der Waals surface area contributed by atoms with E-state index in [4.69, 9.17) is 0 Å². The summed E-state index contributed by atoms with van der Waals surface area (Å²) < 4.78 is 0. The highest BCUT2D eigenvalue weighted by Crippen LogP contribution is 2.24. The number of amides is 2. The first-order valence-electron chi connectivity index (χ1n) is 10.0. The molecule has 0 aliphatic carbocycles. The summed E-state index contributed by atoms with van der Waals surface area (Å²) in [5.74, 6) is -0.459. The third-order valence-electron chi connectivity index (χ3n) is 5.32. The van der Waals surface area contributed by atoms with Crippen molar-refractivity contribution in [2.24, 2.45) is 5.92 Å². The number of carbonyl (C=O) groups excluding carboxylic acids is 2. The number of likely N-dealkylation sites (tertiary alicyclic amines) is 1. The lowest BCUT2D eigenvalue weighted by Crippen LogP contribution is -2.30. The molecule has 0 bridgehead atoms. The van der Waals surface area contributed by atoms with E-state index in [9.17, 15) is 9.59 Å². The van der Waals surface area contributed by atoms with Crippen LogP contribution in [0.2, 0.25) is 0 Å². The molecule has 2 amide bonds. The lowest BCUT2D eigenvalue weighted by Gasteiger charge is -2.16. The molecule has 1 atom stereocenters. The van der Waals surface area contributed by atoms with Gasteiger partial charge in [0.2, 0.25) is 16.9 Å². The highest BCUT2D eigenvalue weighted by molar-refractivity contribution is 7.15. The van der Waals surface area contributed by atoms with Gasteiger partial charge in [-0.25, -0.2) is 0 Å². The van der Waals surface area contributed by atoms with Gasteiger partial charge < -0.3 is 15.2 Å². The Labute approximate surface area is 173 Å². The molecule has 1 aliphatic heterocycles. The summed E-state index contributed by atoms with van der Waals surface area (Å²) >= 11 is 1.40. The Morgan fingerprint density at radius 3 is 3.03 bits per heavy atom. The van der Waals surface area contributed by atoms with E-state index in [0.29, 0.717) is 18.2 Å². The van der Waals surface area contributed by atoms with Gasteiger partial charge in [-0.2, -0.15) is 0 Å². The van der Waals surface area contributed by atoms with Crippen LogP contribution in [0.1, 0.15) is 35.9 Å². The number of aromatic amines is 1. The molecule has 8 heteroatoms. The quantitative estimate of drug-likeness (QED) is 0.624. The average Bonchev–Trinajstić information content (AvgIpc) is 3.39. The van der Waals surface area contributed by atoms with E-state index in [1.807, 2.05) is 6.20 Å². The van der Waals surface area contributed by atoms with E-state index in [-0.39, 0.29) is 24.2 Å². The molecular formula is C21H25N5O2S. The zero-order valence-corrected chi connectivity index (χ0v) is 17.5. The van der Waals surface area contributed by atoms with Crippen molar-refractivity contribution in [2.45, 2.75) is 39.5 Å². The van der Waals surface area contributed by atoms with E-state index >= 15 is 0 Å². The van der Waals surface area contributed by atoms with Gasteiger partial charge in [0.25, 0.3) is 0 Å². The van der Waals surface area contributed by atoms with Crippen LogP contribution in [-0.4, -0.2) is 45.0 Å². The number of rotatable bonds is 7. The van der Waals surface area contributed by atoms with Gasteiger partial charge in [0.05, 0.1) is 5.92 Å². The maximum absolute atomic E-state index is 12.6. The van der Waals surface area contributed by atoms with Crippen LogP contribution in [-0.2, 0) is 22.4 Å². The number of nitrogens with one attached hydrogen (secondary N) is 2. The number of aryl methyl sites for hydroxylation is 2. The smallest absolute Gasteiger partial charge is 0.231 e. The van der Waals surface area contributed by atoms with Crippen LogP contribution in [0.4, 0.5) is 5.13 Å². The van der Waals surface area contributed by atoms with Gasteiger partial charge >= 0.3 is 0 Å². The molecule has 152 valence electrons. The van der Waals surface area contributed by atoms with E-state index in [2.05, 4.69) is 52.5 Å². The van der Waals surface area contributed by atoms with Crippen molar-refractivity contribution in [1.29, 1.82) is 0 Å². The topological polar surface area (TPSA) is 91.0 Å². The van der Waals surface area contributed by atoms with Gasteiger partial charge in [0.15, 0.2) is 0 Å². The molecule has 1 unspecified atom stereocenters. The Hall–Kier alpha value is -2.74. The van der Waals surface area contributed by atoms with E-state index < -0.39 is 0 Å². The number of nitrogens with zero attached hydrogens (tertiary/aromatic N) is 3. The fraction of sp³-hybridized carbons (Fsp3) is 0.429. The molecular weight excluding hydrogens is 386 g/mol. The van der Waals surface area contributed by atoms with Crippen LogP contribution in [0.5, 0.6) is 0 Å². The average molecular weight is 412 g/mol. The Bertz CT molecular complexity index is 1040. The second kappa shape index (κ2) is 8.32. The molecule has 29 heavy (non-hydrogen) atoms. The molecule has 0 saturated carbocycles. The molecule has 1 saturated heterocycles. The highest BCUT2D eigenvalue weighted by Gasteiger charge is 2.34. The predicted molar refractivity (Wildman–Crippen MR) is 114 cm³/mol. The number of aromatic nitrogens is 3. The molecule has 0 spiro atoms. The third kappa shape index (κ3) is 4.32. The first-order valence-corrected chi connectivity index (χ1v) is 10.8. The molecule has 2 aromatic heterocycles. The molecule has 4 rings (SSSR count). The summed E-state index contributed by atoms with van der Waals surface area (Å²) in [6.07, 6.45) is 4.87. The Morgan fingerprint density at radius 2 is 2.21 bits per heavy atom. The minimum absolute atomic E-state index is 0.0325. The monoisotopic (exact) mass is 411 g/mol. The number of fused-ring (bicyclic) bond motifs is 1. The van der Waals surface area contributed by atoms with Crippen LogP contribution in [0.15, 0.2) is 24.4 Å². The first-order chi connectivity index (χ1) is 14.0. The van der Waals surface area contributed by atoms with Crippen molar-refractivity contribution >= 4 is 39.2 Å². The van der Waals surface area contributed by atoms with Crippen LogP contribution >= 0.6 is 11.3 Å². The molecule has 1 fully saturated rings. The summed E-state index contributed by atoms with van der Waals surface area (Å²) in [7, 11) is 0. The van der Waals surface area contributed by atoms with Crippen molar-refractivity contribution in [3.8, 4) is 0 Å². The minimum Gasteiger partial charge on any atom is -0.361 e. The third-order valence-corrected chi connectivity index (χ3v) is 6.22. The molecule has 3 aromatic rings. The van der Waals surface area contributed by atoms with Crippen molar-refractivity contribution < 1.29 is 9.59 Å². The maximum Gasteiger partial charge on any atom is 0.231 e. The maximum atomic E-state index is 12.6. The summed E-state index contributed by atoms with van der Waals surface area (Å²) in [5.41, 5.74) is 3.52. The normalized spacial score (nSPS) is 16.7. The van der Waals surface area contributed by atoms with Crippen molar-refractivity contribution in [3.63, 3.8) is 0 Å². The van der Waals surface area contributed by atoms with E-state index in [0.717, 1.165) is 29.8 Å². The Kier molecular flexibility index (Phi) is 5.62. The summed E-state index contributed by atoms with van der Waals surface area (Å²) in [6.45, 7) is 5.22. The molecule has 1 aromatic carbocycles. The molecule has 0 radical (unpaired) electrons. The van der Waals surface area contributed by atoms with E-state index in [1.165, 1.54) is 27.8 Å². The Balaban J connectivity index is 1.34. The molecule has 1 aliphatic rings. The zero-order chi connectivity index (χ0) is 20.4. The lowest BCUT2D eigenvalue weighted by molar-refractivity contribution is -0.128. The van der Waals surface area contributed by atoms with Crippen LogP contribution in [0.3, 0.4) is 0 Å². The summed E-state index contributed by atoms with van der Waals surface area (Å²) in [5, 5.41) is 13.6. The summed E-state index contributed by atoms with van der Waals surface area (Å²) in [6, 6.07) is 6.33. The first kappa shape index (κ1) is 19.6. The Morgan fingerprint density at radius 1 is 1.34 bits per heavy atom. The lowest BCUT2D eigenvalue weighted by atomic mass is 10.1. The highest BCUT2D eigenvalue weighted by atomic mass is 32.1. The zero-order valence-electron chi connectivity index (χ0n) is 16.7. The van der Waals surface area contributed by atoms with Crippen molar-refractivity contribution in [1.82, 2.24) is 20.1 Å². The SMILES string of the molecule is CCCc1nnc(NC(=O)C2CC(=O)N(CCc3c[nH]c4ccc(C)cc34)C2)s1. The minimum atomic E-state index is -0.341.